The standard InChI is InChI=1S/C21H17N5O3S2/c1-26(31(28,29)16-7-4-14(12-22)5-8-16)13-20(27)23-15-6-9-17-18(11-15)25-21(24-17)19-3-2-10-30-19/h2-11H,13H2,1H3,(H,23,27)(H,24,25). The van der Waals surface area contributed by atoms with E-state index in [1.165, 1.54) is 31.3 Å². The van der Waals surface area contributed by atoms with E-state index in [4.69, 9.17) is 5.26 Å². The average Bonchev–Trinajstić information content (AvgIpc) is 3.43. The number of anilines is 1. The normalized spacial score (nSPS) is 11.5. The van der Waals surface area contributed by atoms with Gasteiger partial charge in [0.15, 0.2) is 0 Å². The van der Waals surface area contributed by atoms with Gasteiger partial charge in [0.25, 0.3) is 0 Å². The molecule has 2 aromatic carbocycles. The molecule has 1 amide bonds. The van der Waals surface area contributed by atoms with Crippen LogP contribution in [0.1, 0.15) is 5.56 Å². The van der Waals surface area contributed by atoms with Crippen molar-refractivity contribution in [2.45, 2.75) is 4.90 Å². The predicted molar refractivity (Wildman–Crippen MR) is 119 cm³/mol. The summed E-state index contributed by atoms with van der Waals surface area (Å²) in [6.45, 7) is -0.357. The lowest BCUT2D eigenvalue weighted by molar-refractivity contribution is -0.116. The maximum atomic E-state index is 12.7. The number of nitrogens with one attached hydrogen (secondary N) is 2. The van der Waals surface area contributed by atoms with Crippen molar-refractivity contribution < 1.29 is 13.2 Å². The molecule has 156 valence electrons. The first-order valence-corrected chi connectivity index (χ1v) is 11.5. The third-order valence-electron chi connectivity index (χ3n) is 4.58. The van der Waals surface area contributed by atoms with Gasteiger partial charge in [-0.05, 0) is 53.9 Å². The Morgan fingerprint density at radius 3 is 2.68 bits per heavy atom. The zero-order valence-electron chi connectivity index (χ0n) is 16.4. The van der Waals surface area contributed by atoms with Crippen LogP contribution in [0.15, 0.2) is 64.9 Å². The van der Waals surface area contributed by atoms with Crippen LogP contribution in [0.25, 0.3) is 21.7 Å². The Hall–Kier alpha value is -3.52. The maximum Gasteiger partial charge on any atom is 0.243 e. The highest BCUT2D eigenvalue weighted by molar-refractivity contribution is 7.89. The Labute approximate surface area is 182 Å². The number of likely N-dealkylation sites (N-methyl/N-ethyl adjacent to an activating group) is 1. The number of benzene rings is 2. The molecule has 2 heterocycles. The molecule has 0 aliphatic carbocycles. The lowest BCUT2D eigenvalue weighted by Gasteiger charge is -2.17. The molecule has 2 aromatic heterocycles. The minimum atomic E-state index is -3.86. The first kappa shape index (κ1) is 20.7. The predicted octanol–water partition coefficient (Wildman–Crippen LogP) is 3.42. The fourth-order valence-corrected chi connectivity index (χ4v) is 4.78. The van der Waals surface area contributed by atoms with E-state index < -0.39 is 15.9 Å². The maximum absolute atomic E-state index is 12.7. The number of amides is 1. The molecular weight excluding hydrogens is 434 g/mol. The van der Waals surface area contributed by atoms with E-state index in [2.05, 4.69) is 15.3 Å². The van der Waals surface area contributed by atoms with Gasteiger partial charge in [-0.2, -0.15) is 9.57 Å². The van der Waals surface area contributed by atoms with Crippen LogP contribution in [0.2, 0.25) is 0 Å². The molecular formula is C21H17N5O3S2. The highest BCUT2D eigenvalue weighted by Gasteiger charge is 2.23. The van der Waals surface area contributed by atoms with E-state index in [1.807, 2.05) is 23.6 Å². The Bertz CT molecular complexity index is 1390. The van der Waals surface area contributed by atoms with E-state index in [9.17, 15) is 13.2 Å². The Morgan fingerprint density at radius 1 is 1.23 bits per heavy atom. The van der Waals surface area contributed by atoms with Crippen molar-refractivity contribution in [2.75, 3.05) is 18.9 Å². The van der Waals surface area contributed by atoms with E-state index in [0.717, 1.165) is 26.0 Å². The second-order valence-corrected chi connectivity index (χ2v) is 9.73. The number of H-pyrrole nitrogens is 1. The molecule has 0 radical (unpaired) electrons. The third-order valence-corrected chi connectivity index (χ3v) is 7.27. The van der Waals surface area contributed by atoms with E-state index in [1.54, 1.807) is 29.5 Å². The van der Waals surface area contributed by atoms with Gasteiger partial charge in [-0.15, -0.1) is 11.3 Å². The number of sulfonamides is 1. The molecule has 0 saturated heterocycles. The molecule has 4 rings (SSSR count). The van der Waals surface area contributed by atoms with Crippen molar-refractivity contribution in [3.8, 4) is 16.8 Å². The van der Waals surface area contributed by atoms with Crippen LogP contribution >= 0.6 is 11.3 Å². The number of carbonyl (C=O) groups excluding carboxylic acids is 1. The van der Waals surface area contributed by atoms with Crippen LogP contribution in [0.3, 0.4) is 0 Å². The molecule has 0 atom stereocenters. The average molecular weight is 452 g/mol. The van der Waals surface area contributed by atoms with Crippen molar-refractivity contribution in [2.24, 2.45) is 0 Å². The van der Waals surface area contributed by atoms with Crippen LogP contribution in [-0.4, -0.2) is 42.2 Å². The number of aromatic nitrogens is 2. The molecule has 10 heteroatoms. The van der Waals surface area contributed by atoms with Crippen molar-refractivity contribution >= 4 is 44.0 Å². The zero-order valence-corrected chi connectivity index (χ0v) is 18.0. The first-order chi connectivity index (χ1) is 14.9. The quantitative estimate of drug-likeness (QED) is 0.466. The third kappa shape index (κ3) is 4.34. The van der Waals surface area contributed by atoms with Gasteiger partial charge in [0.1, 0.15) is 5.82 Å². The summed E-state index contributed by atoms with van der Waals surface area (Å²) in [5.74, 6) is 0.277. The Balaban J connectivity index is 1.46. The number of thiophene rings is 1. The molecule has 0 unspecified atom stereocenters. The largest absolute Gasteiger partial charge is 0.337 e. The van der Waals surface area contributed by atoms with Crippen molar-refractivity contribution in [3.63, 3.8) is 0 Å². The summed E-state index contributed by atoms with van der Waals surface area (Å²) in [6.07, 6.45) is 0. The summed E-state index contributed by atoms with van der Waals surface area (Å²) in [5.41, 5.74) is 2.42. The van der Waals surface area contributed by atoms with Gasteiger partial charge >= 0.3 is 0 Å². The molecule has 0 aliphatic rings. The lowest BCUT2D eigenvalue weighted by atomic mass is 10.2. The fourth-order valence-electron chi connectivity index (χ4n) is 2.99. The fraction of sp³-hybridized carbons (Fsp3) is 0.0952. The molecule has 0 aliphatic heterocycles. The van der Waals surface area contributed by atoms with Gasteiger partial charge in [-0.25, -0.2) is 13.4 Å². The summed E-state index contributed by atoms with van der Waals surface area (Å²) in [4.78, 5) is 21.2. The summed E-state index contributed by atoms with van der Waals surface area (Å²) in [5, 5.41) is 13.5. The number of hydrogen-bond donors (Lipinski definition) is 2. The topological polar surface area (TPSA) is 119 Å². The van der Waals surface area contributed by atoms with Crippen LogP contribution in [0.4, 0.5) is 5.69 Å². The summed E-state index contributed by atoms with van der Waals surface area (Å²) in [6, 6.07) is 16.6. The molecule has 0 fully saturated rings. The highest BCUT2D eigenvalue weighted by atomic mass is 32.2. The van der Waals surface area contributed by atoms with E-state index in [-0.39, 0.29) is 11.4 Å². The number of fused-ring (bicyclic) bond motifs is 1. The summed E-state index contributed by atoms with van der Waals surface area (Å²) in [7, 11) is -2.53. The molecule has 0 saturated carbocycles. The molecule has 31 heavy (non-hydrogen) atoms. The summed E-state index contributed by atoms with van der Waals surface area (Å²) < 4.78 is 26.3. The minimum Gasteiger partial charge on any atom is -0.337 e. The number of carbonyl (C=O) groups is 1. The van der Waals surface area contributed by atoms with Gasteiger partial charge in [-0.1, -0.05) is 6.07 Å². The van der Waals surface area contributed by atoms with Crippen LogP contribution in [0.5, 0.6) is 0 Å². The van der Waals surface area contributed by atoms with Crippen LogP contribution in [0, 0.1) is 11.3 Å². The van der Waals surface area contributed by atoms with Crippen molar-refractivity contribution in [3.05, 3.63) is 65.5 Å². The number of nitriles is 1. The number of rotatable bonds is 6. The SMILES string of the molecule is CN(CC(=O)Nc1ccc2nc(-c3cccs3)[nH]c2c1)S(=O)(=O)c1ccc(C#N)cc1. The Kier molecular flexibility index (Phi) is 5.56. The van der Waals surface area contributed by atoms with Crippen molar-refractivity contribution in [1.29, 1.82) is 5.26 Å². The van der Waals surface area contributed by atoms with Crippen molar-refractivity contribution in [1.82, 2.24) is 14.3 Å². The number of imidazole rings is 1. The highest BCUT2D eigenvalue weighted by Crippen LogP contribution is 2.26. The first-order valence-electron chi connectivity index (χ1n) is 9.17. The number of hydrogen-bond acceptors (Lipinski definition) is 6. The van der Waals surface area contributed by atoms with E-state index >= 15 is 0 Å². The van der Waals surface area contributed by atoms with Gasteiger partial charge < -0.3 is 10.3 Å². The summed E-state index contributed by atoms with van der Waals surface area (Å²) >= 11 is 1.57. The van der Waals surface area contributed by atoms with Crippen LogP contribution in [-0.2, 0) is 14.8 Å². The minimum absolute atomic E-state index is 0.0155. The Morgan fingerprint density at radius 2 is 2.00 bits per heavy atom. The lowest BCUT2D eigenvalue weighted by Crippen LogP contribution is -2.34. The zero-order chi connectivity index (χ0) is 22.0. The smallest absolute Gasteiger partial charge is 0.243 e. The second kappa shape index (κ2) is 8.31. The van der Waals surface area contributed by atoms with Gasteiger partial charge in [0.2, 0.25) is 15.9 Å². The molecule has 8 nitrogen and oxygen atoms in total. The monoisotopic (exact) mass is 451 g/mol. The van der Waals surface area contributed by atoms with Crippen LogP contribution < -0.4 is 5.32 Å². The number of aromatic amines is 1. The second-order valence-electron chi connectivity index (χ2n) is 6.74. The van der Waals surface area contributed by atoms with Gasteiger partial charge in [-0.3, -0.25) is 4.79 Å². The molecule has 0 bridgehead atoms. The van der Waals surface area contributed by atoms with Gasteiger partial charge in [0, 0.05) is 12.7 Å². The molecule has 4 aromatic rings. The molecule has 0 spiro atoms. The molecule has 2 N–H and O–H groups in total. The van der Waals surface area contributed by atoms with E-state index in [0.29, 0.717) is 11.3 Å². The number of nitrogens with zero attached hydrogens (tertiary/aromatic N) is 3. The van der Waals surface area contributed by atoms with Gasteiger partial charge in [0.05, 0.1) is 39.0 Å².